The normalized spacial score (nSPS) is 18.2. The summed E-state index contributed by atoms with van der Waals surface area (Å²) in [6.45, 7) is 1.50. The molecule has 0 spiro atoms. The van der Waals surface area contributed by atoms with Gasteiger partial charge in [0.1, 0.15) is 0 Å². The van der Waals surface area contributed by atoms with E-state index in [4.69, 9.17) is 0 Å². The van der Waals surface area contributed by atoms with Crippen molar-refractivity contribution in [1.29, 1.82) is 0 Å². The molecule has 5 nitrogen and oxygen atoms in total. The Morgan fingerprint density at radius 3 is 2.44 bits per heavy atom. The fourth-order valence-corrected chi connectivity index (χ4v) is 4.09. The van der Waals surface area contributed by atoms with Crippen molar-refractivity contribution in [3.05, 3.63) is 47.8 Å². The van der Waals surface area contributed by atoms with Gasteiger partial charge < -0.3 is 10.6 Å². The SMILES string of the molecule is O=C(NCCNC1CCCCCC1)c1cnn(-c2ccccc2)c1C1CC1. The molecule has 0 atom stereocenters. The Kier molecular flexibility index (Phi) is 5.87. The van der Waals surface area contributed by atoms with E-state index in [1.807, 2.05) is 35.0 Å². The summed E-state index contributed by atoms with van der Waals surface area (Å²) in [5.74, 6) is 0.458. The molecule has 0 saturated heterocycles. The lowest BCUT2D eigenvalue weighted by molar-refractivity contribution is 0.0952. The summed E-state index contributed by atoms with van der Waals surface area (Å²) in [5.41, 5.74) is 2.82. The molecule has 1 aromatic carbocycles. The van der Waals surface area contributed by atoms with Gasteiger partial charge in [-0.2, -0.15) is 5.10 Å². The molecule has 2 N–H and O–H groups in total. The predicted molar refractivity (Wildman–Crippen MR) is 107 cm³/mol. The van der Waals surface area contributed by atoms with Gasteiger partial charge in [0, 0.05) is 25.0 Å². The number of hydrogen-bond acceptors (Lipinski definition) is 3. The summed E-state index contributed by atoms with van der Waals surface area (Å²) >= 11 is 0. The zero-order valence-electron chi connectivity index (χ0n) is 16.0. The molecule has 0 bridgehead atoms. The maximum absolute atomic E-state index is 12.8. The second kappa shape index (κ2) is 8.70. The number of amides is 1. The maximum Gasteiger partial charge on any atom is 0.254 e. The van der Waals surface area contributed by atoms with E-state index in [-0.39, 0.29) is 5.91 Å². The third-order valence-corrected chi connectivity index (χ3v) is 5.71. The van der Waals surface area contributed by atoms with Crippen LogP contribution in [0.5, 0.6) is 0 Å². The van der Waals surface area contributed by atoms with Gasteiger partial charge in [-0.1, -0.05) is 43.9 Å². The van der Waals surface area contributed by atoms with Crippen LogP contribution in [0.4, 0.5) is 0 Å². The minimum atomic E-state index is 0.00162. The minimum Gasteiger partial charge on any atom is -0.351 e. The van der Waals surface area contributed by atoms with E-state index >= 15 is 0 Å². The van der Waals surface area contributed by atoms with Crippen LogP contribution in [0.15, 0.2) is 36.5 Å². The molecule has 1 amide bonds. The lowest BCUT2D eigenvalue weighted by Gasteiger charge is -2.16. The van der Waals surface area contributed by atoms with Gasteiger partial charge in [0.05, 0.1) is 23.1 Å². The Balaban J connectivity index is 1.35. The summed E-state index contributed by atoms with van der Waals surface area (Å²) in [7, 11) is 0. The van der Waals surface area contributed by atoms with Crippen molar-refractivity contribution >= 4 is 5.91 Å². The molecule has 0 radical (unpaired) electrons. The fraction of sp³-hybridized carbons (Fsp3) is 0.545. The number of carbonyl (C=O) groups excluding carboxylic acids is 1. The standard InChI is InChI=1S/C22H30N4O/c27-22(24-15-14-23-18-8-4-1-2-5-9-18)20-16-25-26(21(20)17-12-13-17)19-10-6-3-7-11-19/h3,6-7,10-11,16-18,23H,1-2,4-5,8-9,12-15H2,(H,24,27). The van der Waals surface area contributed by atoms with Crippen LogP contribution >= 0.6 is 0 Å². The van der Waals surface area contributed by atoms with Gasteiger partial charge in [0.15, 0.2) is 0 Å². The first-order chi connectivity index (χ1) is 13.3. The molecule has 2 saturated carbocycles. The molecule has 27 heavy (non-hydrogen) atoms. The number of nitrogens with zero attached hydrogens (tertiary/aromatic N) is 2. The summed E-state index contributed by atoms with van der Waals surface area (Å²) in [6.07, 6.45) is 11.9. The molecular formula is C22H30N4O. The molecule has 0 unspecified atom stereocenters. The van der Waals surface area contributed by atoms with E-state index < -0.39 is 0 Å². The third-order valence-electron chi connectivity index (χ3n) is 5.71. The van der Waals surface area contributed by atoms with Gasteiger partial charge in [-0.15, -0.1) is 0 Å². The Hall–Kier alpha value is -2.14. The monoisotopic (exact) mass is 366 g/mol. The first-order valence-electron chi connectivity index (χ1n) is 10.5. The van der Waals surface area contributed by atoms with Crippen LogP contribution in [0.2, 0.25) is 0 Å². The Morgan fingerprint density at radius 1 is 1.00 bits per heavy atom. The van der Waals surface area contributed by atoms with Crippen LogP contribution in [0, 0.1) is 0 Å². The Bertz CT molecular complexity index is 743. The predicted octanol–water partition coefficient (Wildman–Crippen LogP) is 3.79. The van der Waals surface area contributed by atoms with Crippen molar-refractivity contribution in [1.82, 2.24) is 20.4 Å². The fourth-order valence-electron chi connectivity index (χ4n) is 4.09. The van der Waals surface area contributed by atoms with Crippen molar-refractivity contribution < 1.29 is 4.79 Å². The molecule has 5 heteroatoms. The van der Waals surface area contributed by atoms with Gasteiger partial charge in [-0.05, 0) is 37.8 Å². The molecule has 2 aliphatic carbocycles. The summed E-state index contributed by atoms with van der Waals surface area (Å²) < 4.78 is 1.94. The topological polar surface area (TPSA) is 59.0 Å². The van der Waals surface area contributed by atoms with Gasteiger partial charge in [-0.3, -0.25) is 4.79 Å². The highest BCUT2D eigenvalue weighted by Crippen LogP contribution is 2.42. The molecule has 2 aliphatic rings. The number of nitrogens with one attached hydrogen (secondary N) is 2. The van der Waals surface area contributed by atoms with E-state index in [1.54, 1.807) is 6.20 Å². The Labute approximate surface area is 161 Å². The highest BCUT2D eigenvalue weighted by molar-refractivity contribution is 5.95. The van der Waals surface area contributed by atoms with E-state index in [9.17, 15) is 4.79 Å². The van der Waals surface area contributed by atoms with E-state index in [0.29, 0.717) is 18.5 Å². The lowest BCUT2D eigenvalue weighted by Crippen LogP contribution is -2.37. The van der Waals surface area contributed by atoms with Crippen molar-refractivity contribution in [2.45, 2.75) is 63.3 Å². The van der Waals surface area contributed by atoms with Crippen LogP contribution in [0.25, 0.3) is 5.69 Å². The molecule has 0 aliphatic heterocycles. The lowest BCUT2D eigenvalue weighted by atomic mass is 10.1. The zero-order chi connectivity index (χ0) is 18.5. The second-order valence-electron chi connectivity index (χ2n) is 7.86. The third kappa shape index (κ3) is 4.59. The molecule has 2 aromatic rings. The van der Waals surface area contributed by atoms with Crippen LogP contribution < -0.4 is 10.6 Å². The van der Waals surface area contributed by atoms with Crippen molar-refractivity contribution in [2.75, 3.05) is 13.1 Å². The number of para-hydroxylation sites is 1. The minimum absolute atomic E-state index is 0.00162. The van der Waals surface area contributed by atoms with Gasteiger partial charge in [0.2, 0.25) is 0 Å². The molecule has 144 valence electrons. The van der Waals surface area contributed by atoms with Gasteiger partial charge in [-0.25, -0.2) is 4.68 Å². The number of carbonyl (C=O) groups is 1. The van der Waals surface area contributed by atoms with Crippen LogP contribution in [0.3, 0.4) is 0 Å². The van der Waals surface area contributed by atoms with Crippen molar-refractivity contribution in [3.8, 4) is 5.69 Å². The van der Waals surface area contributed by atoms with Crippen LogP contribution in [-0.4, -0.2) is 34.8 Å². The van der Waals surface area contributed by atoms with Crippen molar-refractivity contribution in [2.24, 2.45) is 0 Å². The molecule has 1 heterocycles. The van der Waals surface area contributed by atoms with Crippen molar-refractivity contribution in [3.63, 3.8) is 0 Å². The smallest absolute Gasteiger partial charge is 0.254 e. The highest BCUT2D eigenvalue weighted by Gasteiger charge is 2.32. The zero-order valence-corrected chi connectivity index (χ0v) is 16.0. The summed E-state index contributed by atoms with van der Waals surface area (Å²) in [6, 6.07) is 10.7. The molecule has 4 rings (SSSR count). The largest absolute Gasteiger partial charge is 0.351 e. The highest BCUT2D eigenvalue weighted by atomic mass is 16.1. The number of aromatic nitrogens is 2. The average molecular weight is 367 g/mol. The summed E-state index contributed by atoms with van der Waals surface area (Å²) in [5, 5.41) is 11.2. The van der Waals surface area contributed by atoms with E-state index in [2.05, 4.69) is 15.7 Å². The Morgan fingerprint density at radius 2 is 1.74 bits per heavy atom. The molecule has 1 aromatic heterocycles. The number of benzene rings is 1. The second-order valence-corrected chi connectivity index (χ2v) is 7.86. The van der Waals surface area contributed by atoms with E-state index in [0.717, 1.165) is 36.3 Å². The van der Waals surface area contributed by atoms with Gasteiger partial charge in [0.25, 0.3) is 5.91 Å². The average Bonchev–Trinajstić information content (AvgIpc) is 3.49. The van der Waals surface area contributed by atoms with Crippen LogP contribution in [-0.2, 0) is 0 Å². The van der Waals surface area contributed by atoms with Gasteiger partial charge >= 0.3 is 0 Å². The first kappa shape index (κ1) is 18.2. The maximum atomic E-state index is 12.8. The van der Waals surface area contributed by atoms with E-state index in [1.165, 1.54) is 38.5 Å². The number of hydrogen-bond donors (Lipinski definition) is 2. The first-order valence-corrected chi connectivity index (χ1v) is 10.5. The van der Waals surface area contributed by atoms with Crippen LogP contribution in [0.1, 0.15) is 73.3 Å². The molecule has 2 fully saturated rings. The number of rotatable bonds is 7. The molecular weight excluding hydrogens is 336 g/mol. The summed E-state index contributed by atoms with van der Waals surface area (Å²) in [4.78, 5) is 12.8. The quantitative estimate of drug-likeness (QED) is 0.579.